The van der Waals surface area contributed by atoms with Crippen molar-refractivity contribution in [2.75, 3.05) is 13.2 Å². The number of carbonyl (C=O) groups is 1. The second kappa shape index (κ2) is 8.21. The zero-order chi connectivity index (χ0) is 17.5. The Morgan fingerprint density at radius 1 is 1.17 bits per heavy atom. The fraction of sp³-hybridized carbons (Fsp3) is 0.400. The third kappa shape index (κ3) is 4.61. The number of carbonyl (C=O) groups excluding carboxylic acids is 1. The zero-order valence-electron chi connectivity index (χ0n) is 13.2. The Balaban J connectivity index is 3.03. The molecule has 1 aromatic rings. The molecule has 7 nitrogen and oxygen atoms in total. The first-order valence-corrected chi connectivity index (χ1v) is 8.41. The summed E-state index contributed by atoms with van der Waals surface area (Å²) in [6.07, 6.45) is 0. The van der Waals surface area contributed by atoms with E-state index in [0.717, 1.165) is 0 Å². The molecule has 0 fully saturated rings. The van der Waals surface area contributed by atoms with Crippen LogP contribution in [0.4, 0.5) is 0 Å². The third-order valence-corrected chi connectivity index (χ3v) is 4.21. The molecule has 2 N–H and O–H groups in total. The molecule has 0 saturated carbocycles. The first kappa shape index (κ1) is 19.3. The quantitative estimate of drug-likeness (QED) is 0.507. The van der Waals surface area contributed by atoms with Gasteiger partial charge in [0.15, 0.2) is 0 Å². The molecule has 0 aliphatic rings. The minimum atomic E-state index is -4.35. The van der Waals surface area contributed by atoms with Crippen molar-refractivity contribution in [2.45, 2.75) is 26.2 Å². The molecule has 23 heavy (non-hydrogen) atoms. The largest absolute Gasteiger partial charge is 0.365 e. The van der Waals surface area contributed by atoms with Gasteiger partial charge in [-0.2, -0.15) is 8.42 Å². The standard InChI is InChI=1S/C15H21NO6S/c1-4-20-15(14(16)17,21-5-2)12(3)23(18,19)22-11-13-9-7-6-8-10-13/h6-10H,3-5,11H2,1-2H3,(H2,16,17). The van der Waals surface area contributed by atoms with E-state index in [-0.39, 0.29) is 19.8 Å². The van der Waals surface area contributed by atoms with Gasteiger partial charge in [0.25, 0.3) is 21.8 Å². The molecular formula is C15H21NO6S. The molecule has 0 saturated heterocycles. The maximum absolute atomic E-state index is 12.3. The summed E-state index contributed by atoms with van der Waals surface area (Å²) >= 11 is 0. The highest BCUT2D eigenvalue weighted by atomic mass is 32.2. The second-order valence-electron chi connectivity index (χ2n) is 4.47. The van der Waals surface area contributed by atoms with Crippen molar-refractivity contribution in [2.24, 2.45) is 5.73 Å². The number of primary amides is 1. The highest BCUT2D eigenvalue weighted by Crippen LogP contribution is 2.28. The zero-order valence-corrected chi connectivity index (χ0v) is 14.0. The van der Waals surface area contributed by atoms with Crippen LogP contribution in [0.3, 0.4) is 0 Å². The molecule has 1 amide bonds. The van der Waals surface area contributed by atoms with Gasteiger partial charge < -0.3 is 15.2 Å². The summed E-state index contributed by atoms with van der Waals surface area (Å²) in [6.45, 7) is 6.33. The number of benzene rings is 1. The summed E-state index contributed by atoms with van der Waals surface area (Å²) in [4.78, 5) is 11.1. The lowest BCUT2D eigenvalue weighted by atomic mass is 10.2. The number of hydrogen-bond acceptors (Lipinski definition) is 6. The van der Waals surface area contributed by atoms with Gasteiger partial charge in [0.2, 0.25) is 0 Å². The number of hydrogen-bond donors (Lipinski definition) is 1. The van der Waals surface area contributed by atoms with Crippen LogP contribution in [-0.2, 0) is 35.2 Å². The first-order chi connectivity index (χ1) is 10.8. The molecule has 0 unspecified atom stereocenters. The number of rotatable bonds is 10. The SMILES string of the molecule is C=C(C(OCC)(OCC)C(N)=O)S(=O)(=O)OCc1ccccc1. The van der Waals surface area contributed by atoms with Crippen molar-refractivity contribution >= 4 is 16.0 Å². The maximum Gasteiger partial charge on any atom is 0.298 e. The summed E-state index contributed by atoms with van der Waals surface area (Å²) in [7, 11) is -4.35. The Hall–Kier alpha value is -1.74. The van der Waals surface area contributed by atoms with Crippen LogP contribution in [0.5, 0.6) is 0 Å². The summed E-state index contributed by atoms with van der Waals surface area (Å²) in [6, 6.07) is 8.68. The van der Waals surface area contributed by atoms with Crippen molar-refractivity contribution in [1.82, 2.24) is 0 Å². The average molecular weight is 343 g/mol. The Kier molecular flexibility index (Phi) is 6.89. The van der Waals surface area contributed by atoms with Crippen LogP contribution in [0.1, 0.15) is 19.4 Å². The minimum Gasteiger partial charge on any atom is -0.365 e. The molecule has 1 aromatic carbocycles. The monoisotopic (exact) mass is 343 g/mol. The van der Waals surface area contributed by atoms with Gasteiger partial charge in [0.1, 0.15) is 4.91 Å². The van der Waals surface area contributed by atoms with Crippen LogP contribution < -0.4 is 5.73 Å². The molecule has 0 heterocycles. The molecule has 0 aliphatic carbocycles. The number of nitrogens with two attached hydrogens (primary N) is 1. The highest BCUT2D eigenvalue weighted by Gasteiger charge is 2.48. The van der Waals surface area contributed by atoms with Gasteiger partial charge in [0.05, 0.1) is 6.61 Å². The first-order valence-electron chi connectivity index (χ1n) is 7.00. The molecule has 128 valence electrons. The molecule has 0 aromatic heterocycles. The van der Waals surface area contributed by atoms with E-state index >= 15 is 0 Å². The average Bonchev–Trinajstić information content (AvgIpc) is 2.52. The van der Waals surface area contributed by atoms with Crippen molar-refractivity contribution in [3.63, 3.8) is 0 Å². The van der Waals surface area contributed by atoms with E-state index < -0.39 is 26.7 Å². The molecule has 0 atom stereocenters. The Morgan fingerprint density at radius 2 is 1.70 bits per heavy atom. The predicted molar refractivity (Wildman–Crippen MR) is 84.5 cm³/mol. The van der Waals surface area contributed by atoms with Gasteiger partial charge in [-0.3, -0.25) is 8.98 Å². The summed E-state index contributed by atoms with van der Waals surface area (Å²) < 4.78 is 39.9. The lowest BCUT2D eigenvalue weighted by molar-refractivity contribution is -0.203. The van der Waals surface area contributed by atoms with Crippen LogP contribution in [-0.4, -0.2) is 33.3 Å². The van der Waals surface area contributed by atoms with Gasteiger partial charge in [-0.25, -0.2) is 0 Å². The highest BCUT2D eigenvalue weighted by molar-refractivity contribution is 7.90. The fourth-order valence-electron chi connectivity index (χ4n) is 1.84. The lowest BCUT2D eigenvalue weighted by Crippen LogP contribution is -2.52. The van der Waals surface area contributed by atoms with E-state index in [2.05, 4.69) is 6.58 Å². The van der Waals surface area contributed by atoms with Crippen LogP contribution >= 0.6 is 0 Å². The Bertz CT molecular complexity index is 635. The topological polar surface area (TPSA) is 105 Å². The van der Waals surface area contributed by atoms with Gasteiger partial charge in [-0.05, 0) is 19.4 Å². The Labute approximate surface area is 136 Å². The normalized spacial score (nSPS) is 12.1. The Morgan fingerprint density at radius 3 is 2.13 bits per heavy atom. The van der Waals surface area contributed by atoms with Gasteiger partial charge in [-0.1, -0.05) is 36.9 Å². The molecule has 1 rings (SSSR count). The van der Waals surface area contributed by atoms with Gasteiger partial charge in [0, 0.05) is 13.2 Å². The smallest absolute Gasteiger partial charge is 0.298 e. The van der Waals surface area contributed by atoms with Crippen molar-refractivity contribution in [3.8, 4) is 0 Å². The second-order valence-corrected chi connectivity index (χ2v) is 6.11. The van der Waals surface area contributed by atoms with Gasteiger partial charge >= 0.3 is 0 Å². The molecule has 0 aliphatic heterocycles. The molecule has 0 spiro atoms. The van der Waals surface area contributed by atoms with E-state index in [1.54, 1.807) is 44.2 Å². The van der Waals surface area contributed by atoms with E-state index in [0.29, 0.717) is 5.56 Å². The van der Waals surface area contributed by atoms with Crippen molar-refractivity contribution < 1.29 is 26.9 Å². The summed E-state index contributed by atoms with van der Waals surface area (Å²) in [5.41, 5.74) is 5.92. The van der Waals surface area contributed by atoms with E-state index in [1.165, 1.54) is 0 Å². The number of amides is 1. The maximum atomic E-state index is 12.3. The minimum absolute atomic E-state index is 0.00380. The molecular weight excluding hydrogens is 322 g/mol. The van der Waals surface area contributed by atoms with Gasteiger partial charge in [-0.15, -0.1) is 0 Å². The third-order valence-electron chi connectivity index (χ3n) is 2.91. The van der Waals surface area contributed by atoms with E-state index in [9.17, 15) is 13.2 Å². The van der Waals surface area contributed by atoms with Crippen LogP contribution in [0.2, 0.25) is 0 Å². The van der Waals surface area contributed by atoms with Crippen molar-refractivity contribution in [3.05, 3.63) is 47.4 Å². The van der Waals surface area contributed by atoms with E-state index in [1.807, 2.05) is 0 Å². The number of ether oxygens (including phenoxy) is 2. The van der Waals surface area contributed by atoms with Crippen molar-refractivity contribution in [1.29, 1.82) is 0 Å². The summed E-state index contributed by atoms with van der Waals surface area (Å²) in [5, 5.41) is 0. The predicted octanol–water partition coefficient (Wildman–Crippen LogP) is 1.30. The molecule has 8 heteroatoms. The van der Waals surface area contributed by atoms with E-state index in [4.69, 9.17) is 19.4 Å². The van der Waals surface area contributed by atoms with Crippen LogP contribution in [0.15, 0.2) is 41.8 Å². The van der Waals surface area contributed by atoms with Crippen LogP contribution in [0, 0.1) is 0 Å². The summed E-state index contributed by atoms with van der Waals surface area (Å²) in [5.74, 6) is -3.39. The fourth-order valence-corrected chi connectivity index (χ4v) is 2.83. The molecule has 0 bridgehead atoms. The lowest BCUT2D eigenvalue weighted by Gasteiger charge is -2.30. The van der Waals surface area contributed by atoms with Crippen LogP contribution in [0.25, 0.3) is 0 Å². The molecule has 0 radical (unpaired) electrons.